The van der Waals surface area contributed by atoms with E-state index in [2.05, 4.69) is 5.10 Å². The zero-order valence-corrected chi connectivity index (χ0v) is 10.9. The Kier molecular flexibility index (Phi) is 4.10. The maximum atomic E-state index is 11.2. The van der Waals surface area contributed by atoms with Crippen molar-refractivity contribution in [2.75, 3.05) is 6.54 Å². The number of aromatic nitrogens is 2. The third-order valence-electron chi connectivity index (χ3n) is 2.89. The van der Waals surface area contributed by atoms with E-state index in [1.807, 2.05) is 37.4 Å². The Balaban J connectivity index is 0.000000606. The van der Waals surface area contributed by atoms with E-state index in [1.165, 1.54) is 11.3 Å². The third kappa shape index (κ3) is 2.26. The van der Waals surface area contributed by atoms with Gasteiger partial charge in [-0.25, -0.2) is 0 Å². The Morgan fingerprint density at radius 3 is 2.56 bits per heavy atom. The molecule has 1 aliphatic heterocycles. The first kappa shape index (κ1) is 12.7. The molecule has 16 heavy (non-hydrogen) atoms. The van der Waals surface area contributed by atoms with Crippen molar-refractivity contribution in [2.45, 2.75) is 40.7 Å². The largest absolute Gasteiger partial charge is 0.338 e. The number of aryl methyl sites for hydroxylation is 2. The van der Waals surface area contributed by atoms with Gasteiger partial charge in [-0.3, -0.25) is 9.48 Å². The monoisotopic (exact) mass is 223 g/mol. The van der Waals surface area contributed by atoms with Gasteiger partial charge < -0.3 is 4.90 Å². The fourth-order valence-electron chi connectivity index (χ4n) is 2.05. The lowest BCUT2D eigenvalue weighted by Crippen LogP contribution is -2.34. The SMILES string of the molecule is CC.CC(=O)N1CCc2c(c(C)nn2C)C1. The van der Waals surface area contributed by atoms with Crippen LogP contribution in [0, 0.1) is 6.92 Å². The number of rotatable bonds is 0. The molecule has 0 saturated heterocycles. The number of fused-ring (bicyclic) bond motifs is 1. The zero-order chi connectivity index (χ0) is 12.3. The summed E-state index contributed by atoms with van der Waals surface area (Å²) in [5.74, 6) is 0.152. The molecule has 1 aliphatic rings. The molecule has 1 aromatic rings. The molecule has 2 rings (SSSR count). The van der Waals surface area contributed by atoms with Crippen LogP contribution in [0.15, 0.2) is 0 Å². The van der Waals surface area contributed by atoms with Crippen LogP contribution in [0.4, 0.5) is 0 Å². The van der Waals surface area contributed by atoms with Crippen LogP contribution >= 0.6 is 0 Å². The Bertz CT molecular complexity index is 382. The minimum absolute atomic E-state index is 0.152. The molecule has 0 fully saturated rings. The summed E-state index contributed by atoms with van der Waals surface area (Å²) in [5.41, 5.74) is 3.56. The van der Waals surface area contributed by atoms with Crippen molar-refractivity contribution < 1.29 is 4.79 Å². The lowest BCUT2D eigenvalue weighted by Gasteiger charge is -2.26. The van der Waals surface area contributed by atoms with Gasteiger partial charge in [-0.15, -0.1) is 0 Å². The van der Waals surface area contributed by atoms with E-state index in [-0.39, 0.29) is 5.91 Å². The van der Waals surface area contributed by atoms with Crippen molar-refractivity contribution >= 4 is 5.91 Å². The molecule has 1 aromatic heterocycles. The first-order valence-corrected chi connectivity index (χ1v) is 5.86. The van der Waals surface area contributed by atoms with Gasteiger partial charge in [0.2, 0.25) is 5.91 Å². The molecule has 0 spiro atoms. The third-order valence-corrected chi connectivity index (χ3v) is 2.89. The second-order valence-corrected chi connectivity index (χ2v) is 3.82. The van der Waals surface area contributed by atoms with E-state index in [1.54, 1.807) is 6.92 Å². The smallest absolute Gasteiger partial charge is 0.219 e. The summed E-state index contributed by atoms with van der Waals surface area (Å²) in [6.45, 7) is 9.17. The lowest BCUT2D eigenvalue weighted by molar-refractivity contribution is -0.129. The van der Waals surface area contributed by atoms with Crippen LogP contribution in [-0.2, 0) is 24.8 Å². The number of amides is 1. The first-order chi connectivity index (χ1) is 7.59. The van der Waals surface area contributed by atoms with Gasteiger partial charge in [0, 0.05) is 44.7 Å². The molecule has 0 saturated carbocycles. The maximum absolute atomic E-state index is 11.2. The minimum atomic E-state index is 0.152. The molecule has 2 heterocycles. The van der Waals surface area contributed by atoms with Gasteiger partial charge in [0.15, 0.2) is 0 Å². The summed E-state index contributed by atoms with van der Waals surface area (Å²) in [5, 5.41) is 4.37. The molecular weight excluding hydrogens is 202 g/mol. The number of hydrogen-bond acceptors (Lipinski definition) is 2. The fourth-order valence-corrected chi connectivity index (χ4v) is 2.05. The summed E-state index contributed by atoms with van der Waals surface area (Å²) >= 11 is 0. The number of carbonyl (C=O) groups is 1. The number of nitrogens with zero attached hydrogens (tertiary/aromatic N) is 3. The predicted molar refractivity (Wildman–Crippen MR) is 64.1 cm³/mol. The van der Waals surface area contributed by atoms with Crippen molar-refractivity contribution in [2.24, 2.45) is 7.05 Å². The van der Waals surface area contributed by atoms with Gasteiger partial charge >= 0.3 is 0 Å². The molecule has 0 radical (unpaired) electrons. The fraction of sp³-hybridized carbons (Fsp3) is 0.667. The maximum Gasteiger partial charge on any atom is 0.219 e. The number of carbonyl (C=O) groups excluding carboxylic acids is 1. The van der Waals surface area contributed by atoms with Crippen molar-refractivity contribution in [1.29, 1.82) is 0 Å². The molecule has 0 aliphatic carbocycles. The molecule has 4 heteroatoms. The Hall–Kier alpha value is -1.32. The highest BCUT2D eigenvalue weighted by Crippen LogP contribution is 2.21. The van der Waals surface area contributed by atoms with Crippen molar-refractivity contribution in [3.05, 3.63) is 17.0 Å². The highest BCUT2D eigenvalue weighted by atomic mass is 16.2. The predicted octanol–water partition coefficient (Wildman–Crippen LogP) is 1.66. The quantitative estimate of drug-likeness (QED) is 0.671. The normalized spacial score (nSPS) is 13.9. The Labute approximate surface area is 97.2 Å². The van der Waals surface area contributed by atoms with Crippen LogP contribution in [0.2, 0.25) is 0 Å². The van der Waals surface area contributed by atoms with Crippen molar-refractivity contribution in [3.8, 4) is 0 Å². The lowest BCUT2D eigenvalue weighted by atomic mass is 10.1. The summed E-state index contributed by atoms with van der Waals surface area (Å²) in [6.07, 6.45) is 0.923. The van der Waals surface area contributed by atoms with Crippen LogP contribution in [0.5, 0.6) is 0 Å². The molecule has 0 bridgehead atoms. The molecule has 0 N–H and O–H groups in total. The average Bonchev–Trinajstić information content (AvgIpc) is 2.57. The van der Waals surface area contributed by atoms with Gasteiger partial charge in [0.05, 0.1) is 5.69 Å². The zero-order valence-electron chi connectivity index (χ0n) is 10.9. The molecule has 0 atom stereocenters. The van der Waals surface area contributed by atoms with E-state index < -0.39 is 0 Å². The van der Waals surface area contributed by atoms with Gasteiger partial charge in [0.25, 0.3) is 0 Å². The van der Waals surface area contributed by atoms with E-state index in [4.69, 9.17) is 0 Å². The van der Waals surface area contributed by atoms with Crippen LogP contribution in [0.3, 0.4) is 0 Å². The molecule has 90 valence electrons. The average molecular weight is 223 g/mol. The van der Waals surface area contributed by atoms with E-state index >= 15 is 0 Å². The van der Waals surface area contributed by atoms with E-state index in [0.29, 0.717) is 0 Å². The summed E-state index contributed by atoms with van der Waals surface area (Å²) in [4.78, 5) is 13.1. The topological polar surface area (TPSA) is 38.1 Å². The molecular formula is C12H21N3O. The first-order valence-electron chi connectivity index (χ1n) is 5.86. The molecule has 4 nitrogen and oxygen atoms in total. The van der Waals surface area contributed by atoms with Gasteiger partial charge in [-0.05, 0) is 6.92 Å². The molecule has 1 amide bonds. The Morgan fingerprint density at radius 2 is 2.00 bits per heavy atom. The second-order valence-electron chi connectivity index (χ2n) is 3.82. The molecule has 0 unspecified atom stereocenters. The summed E-state index contributed by atoms with van der Waals surface area (Å²) in [6, 6.07) is 0. The highest BCUT2D eigenvalue weighted by Gasteiger charge is 2.22. The molecule has 0 aromatic carbocycles. The second kappa shape index (κ2) is 5.14. The highest BCUT2D eigenvalue weighted by molar-refractivity contribution is 5.73. The Morgan fingerprint density at radius 1 is 1.38 bits per heavy atom. The van der Waals surface area contributed by atoms with E-state index in [0.717, 1.165) is 25.2 Å². The minimum Gasteiger partial charge on any atom is -0.338 e. The van der Waals surface area contributed by atoms with Gasteiger partial charge in [-0.1, -0.05) is 13.8 Å². The van der Waals surface area contributed by atoms with Crippen molar-refractivity contribution in [3.63, 3.8) is 0 Å². The van der Waals surface area contributed by atoms with Gasteiger partial charge in [0.1, 0.15) is 0 Å². The van der Waals surface area contributed by atoms with Crippen molar-refractivity contribution in [1.82, 2.24) is 14.7 Å². The van der Waals surface area contributed by atoms with Crippen LogP contribution in [0.1, 0.15) is 37.7 Å². The summed E-state index contributed by atoms with van der Waals surface area (Å²) in [7, 11) is 1.97. The van der Waals surface area contributed by atoms with Crippen LogP contribution in [-0.4, -0.2) is 27.1 Å². The standard InChI is InChI=1S/C10H15N3O.C2H6/c1-7-9-6-13(8(2)14)5-4-10(9)12(3)11-7;1-2/h4-6H2,1-3H3;1-2H3. The van der Waals surface area contributed by atoms with E-state index in [9.17, 15) is 4.79 Å². The van der Waals surface area contributed by atoms with Crippen LogP contribution < -0.4 is 0 Å². The summed E-state index contributed by atoms with van der Waals surface area (Å²) < 4.78 is 1.93. The van der Waals surface area contributed by atoms with Gasteiger partial charge in [-0.2, -0.15) is 5.10 Å². The van der Waals surface area contributed by atoms with Crippen LogP contribution in [0.25, 0.3) is 0 Å². The number of hydrogen-bond donors (Lipinski definition) is 0.